The van der Waals surface area contributed by atoms with E-state index in [1.54, 1.807) is 6.07 Å². The molecule has 0 spiro atoms. The van der Waals surface area contributed by atoms with Gasteiger partial charge in [0.05, 0.1) is 17.3 Å². The second-order valence-electron chi connectivity index (χ2n) is 4.56. The maximum atomic E-state index is 12.2. The Labute approximate surface area is 116 Å². The maximum absolute atomic E-state index is 12.2. The second-order valence-corrected chi connectivity index (χ2v) is 4.56. The number of aromatic nitrogens is 2. The van der Waals surface area contributed by atoms with E-state index < -0.39 is 0 Å². The third kappa shape index (κ3) is 1.97. The molecule has 0 saturated carbocycles. The zero-order valence-electron chi connectivity index (χ0n) is 11.4. The number of fused-ring (bicyclic) bond motifs is 1. The summed E-state index contributed by atoms with van der Waals surface area (Å²) in [5, 5.41) is 2.81. The highest BCUT2D eigenvalue weighted by Gasteiger charge is 2.16. The molecule has 5 nitrogen and oxygen atoms in total. The minimum atomic E-state index is -0.280. The van der Waals surface area contributed by atoms with Crippen molar-refractivity contribution >= 4 is 22.9 Å². The normalized spacial score (nSPS) is 10.9. The fourth-order valence-electron chi connectivity index (χ4n) is 2.25. The van der Waals surface area contributed by atoms with Crippen LogP contribution < -0.4 is 5.32 Å². The van der Waals surface area contributed by atoms with E-state index in [1.807, 2.05) is 42.7 Å². The molecule has 0 saturated heterocycles. The van der Waals surface area contributed by atoms with Gasteiger partial charge in [-0.1, -0.05) is 12.1 Å². The summed E-state index contributed by atoms with van der Waals surface area (Å²) in [6, 6.07) is 9.56. The van der Waals surface area contributed by atoms with Gasteiger partial charge in [0, 0.05) is 12.1 Å². The van der Waals surface area contributed by atoms with Gasteiger partial charge in [0.25, 0.3) is 5.91 Å². The number of carbonyl (C=O) groups is 1. The number of anilines is 1. The van der Waals surface area contributed by atoms with Crippen LogP contribution in [0.15, 0.2) is 41.0 Å². The number of hydrogen-bond donors (Lipinski definition) is 1. The number of carbonyl (C=O) groups excluding carboxylic acids is 1. The van der Waals surface area contributed by atoms with Gasteiger partial charge in [0.15, 0.2) is 5.76 Å². The molecule has 1 N–H and O–H groups in total. The van der Waals surface area contributed by atoms with Gasteiger partial charge < -0.3 is 8.98 Å². The number of nitrogens with one attached hydrogen (secondary N) is 1. The monoisotopic (exact) mass is 269 g/mol. The lowest BCUT2D eigenvalue weighted by Gasteiger charge is -2.06. The van der Waals surface area contributed by atoms with Crippen molar-refractivity contribution in [3.63, 3.8) is 0 Å². The Bertz CT molecular complexity index is 770. The molecule has 2 heterocycles. The molecule has 1 amide bonds. The number of imidazole rings is 1. The highest BCUT2D eigenvalue weighted by atomic mass is 16.3. The van der Waals surface area contributed by atoms with E-state index in [9.17, 15) is 4.79 Å². The van der Waals surface area contributed by atoms with Crippen molar-refractivity contribution < 1.29 is 9.21 Å². The van der Waals surface area contributed by atoms with Crippen LogP contribution in [0.25, 0.3) is 11.0 Å². The first-order valence-corrected chi connectivity index (χ1v) is 6.51. The minimum Gasteiger partial charge on any atom is -0.459 e. The summed E-state index contributed by atoms with van der Waals surface area (Å²) < 4.78 is 7.16. The number of furan rings is 1. The predicted octanol–water partition coefficient (Wildman–Crippen LogP) is 3.21. The van der Waals surface area contributed by atoms with Crippen molar-refractivity contribution in [2.45, 2.75) is 20.4 Å². The summed E-state index contributed by atoms with van der Waals surface area (Å²) in [4.78, 5) is 16.6. The van der Waals surface area contributed by atoms with Crippen LogP contribution >= 0.6 is 0 Å². The fraction of sp³-hybridized carbons (Fsp3) is 0.200. The smallest absolute Gasteiger partial charge is 0.293 e. The van der Waals surface area contributed by atoms with Gasteiger partial charge in [-0.3, -0.25) is 10.1 Å². The van der Waals surface area contributed by atoms with Crippen molar-refractivity contribution in [1.82, 2.24) is 9.55 Å². The van der Waals surface area contributed by atoms with Gasteiger partial charge in [-0.25, -0.2) is 4.98 Å². The Balaban J connectivity index is 1.99. The molecular formula is C15H15N3O2. The van der Waals surface area contributed by atoms with Crippen molar-refractivity contribution in [1.29, 1.82) is 0 Å². The number of benzene rings is 1. The van der Waals surface area contributed by atoms with E-state index in [2.05, 4.69) is 10.3 Å². The molecule has 0 atom stereocenters. The molecule has 0 aliphatic carbocycles. The molecule has 3 rings (SSSR count). The zero-order chi connectivity index (χ0) is 14.1. The van der Waals surface area contributed by atoms with Crippen LogP contribution in [0.2, 0.25) is 0 Å². The van der Waals surface area contributed by atoms with E-state index in [-0.39, 0.29) is 5.91 Å². The summed E-state index contributed by atoms with van der Waals surface area (Å²) >= 11 is 0. The molecule has 0 aliphatic heterocycles. The molecule has 1 aromatic carbocycles. The predicted molar refractivity (Wildman–Crippen MR) is 76.8 cm³/mol. The lowest BCUT2D eigenvalue weighted by atomic mass is 10.3. The van der Waals surface area contributed by atoms with Crippen molar-refractivity contribution in [3.05, 3.63) is 47.9 Å². The van der Waals surface area contributed by atoms with Crippen LogP contribution in [-0.2, 0) is 6.54 Å². The summed E-state index contributed by atoms with van der Waals surface area (Å²) in [7, 11) is 0. The molecule has 102 valence electrons. The van der Waals surface area contributed by atoms with Crippen molar-refractivity contribution in [2.24, 2.45) is 0 Å². The number of amides is 1. The first-order chi connectivity index (χ1) is 9.70. The molecule has 0 unspecified atom stereocenters. The first kappa shape index (κ1) is 12.5. The lowest BCUT2D eigenvalue weighted by molar-refractivity contribution is 0.0994. The highest BCUT2D eigenvalue weighted by Crippen LogP contribution is 2.20. The van der Waals surface area contributed by atoms with Gasteiger partial charge in [0.2, 0.25) is 5.95 Å². The quantitative estimate of drug-likeness (QED) is 0.794. The third-order valence-electron chi connectivity index (χ3n) is 3.26. The van der Waals surface area contributed by atoms with Crippen LogP contribution in [0.4, 0.5) is 5.95 Å². The number of aryl methyl sites for hydroxylation is 2. The van der Waals surface area contributed by atoms with Crippen LogP contribution in [0.3, 0.4) is 0 Å². The van der Waals surface area contributed by atoms with Crippen LogP contribution in [-0.4, -0.2) is 15.5 Å². The van der Waals surface area contributed by atoms with Crippen molar-refractivity contribution in [2.75, 3.05) is 5.32 Å². The van der Waals surface area contributed by atoms with Gasteiger partial charge in [-0.05, 0) is 32.0 Å². The summed E-state index contributed by atoms with van der Waals surface area (Å²) in [5.41, 5.74) is 2.67. The lowest BCUT2D eigenvalue weighted by Crippen LogP contribution is -2.16. The Morgan fingerprint density at radius 2 is 2.15 bits per heavy atom. The average Bonchev–Trinajstić information content (AvgIpc) is 3.01. The molecule has 0 bridgehead atoms. The first-order valence-electron chi connectivity index (χ1n) is 6.51. The Kier molecular flexibility index (Phi) is 3.02. The average molecular weight is 269 g/mol. The molecular weight excluding hydrogens is 254 g/mol. The summed E-state index contributed by atoms with van der Waals surface area (Å²) in [6.45, 7) is 4.58. The molecule has 0 fully saturated rings. The standard InChI is InChI=1S/C15H15N3O2/c1-3-18-12-7-5-4-6-11(12)16-15(18)17-14(19)13-10(2)8-9-20-13/h4-9H,3H2,1-2H3,(H,16,17,19). The molecule has 20 heavy (non-hydrogen) atoms. The van der Waals surface area contributed by atoms with Gasteiger partial charge >= 0.3 is 0 Å². The minimum absolute atomic E-state index is 0.280. The van der Waals surface area contributed by atoms with Crippen LogP contribution in [0.5, 0.6) is 0 Å². The van der Waals surface area contributed by atoms with E-state index in [1.165, 1.54) is 6.26 Å². The largest absolute Gasteiger partial charge is 0.459 e. The fourth-order valence-corrected chi connectivity index (χ4v) is 2.25. The van der Waals surface area contributed by atoms with Gasteiger partial charge in [0.1, 0.15) is 0 Å². The van der Waals surface area contributed by atoms with E-state index in [4.69, 9.17) is 4.42 Å². The Morgan fingerprint density at radius 3 is 2.85 bits per heavy atom. The molecule has 0 radical (unpaired) electrons. The van der Waals surface area contributed by atoms with E-state index >= 15 is 0 Å². The number of nitrogens with zero attached hydrogens (tertiary/aromatic N) is 2. The van der Waals surface area contributed by atoms with E-state index in [0.29, 0.717) is 11.7 Å². The van der Waals surface area contributed by atoms with Crippen LogP contribution in [0, 0.1) is 6.92 Å². The van der Waals surface area contributed by atoms with Gasteiger partial charge in [-0.2, -0.15) is 0 Å². The number of rotatable bonds is 3. The van der Waals surface area contributed by atoms with Crippen molar-refractivity contribution in [3.8, 4) is 0 Å². The van der Waals surface area contributed by atoms with Gasteiger partial charge in [-0.15, -0.1) is 0 Å². The second kappa shape index (κ2) is 4.85. The third-order valence-corrected chi connectivity index (χ3v) is 3.26. The summed E-state index contributed by atoms with van der Waals surface area (Å²) in [5.74, 6) is 0.576. The molecule has 3 aromatic rings. The maximum Gasteiger partial charge on any atom is 0.293 e. The van der Waals surface area contributed by atoms with Crippen LogP contribution in [0.1, 0.15) is 23.0 Å². The number of hydrogen-bond acceptors (Lipinski definition) is 3. The molecule has 2 aromatic heterocycles. The topological polar surface area (TPSA) is 60.1 Å². The molecule has 0 aliphatic rings. The highest BCUT2D eigenvalue weighted by molar-refractivity contribution is 6.03. The Morgan fingerprint density at radius 1 is 1.35 bits per heavy atom. The number of para-hydroxylation sites is 2. The Hall–Kier alpha value is -2.56. The zero-order valence-corrected chi connectivity index (χ0v) is 11.4. The summed E-state index contributed by atoms with van der Waals surface area (Å²) in [6.07, 6.45) is 1.51. The molecule has 5 heteroatoms. The SMILES string of the molecule is CCn1c(NC(=O)c2occc2C)nc2ccccc21. The van der Waals surface area contributed by atoms with E-state index in [0.717, 1.165) is 23.1 Å².